The first-order valence-electron chi connectivity index (χ1n) is 8.51. The van der Waals surface area contributed by atoms with Gasteiger partial charge >= 0.3 is 0 Å². The summed E-state index contributed by atoms with van der Waals surface area (Å²) >= 11 is 0. The van der Waals surface area contributed by atoms with Crippen molar-refractivity contribution < 1.29 is 4.74 Å². The standard InChI is InChI=1S/C18H30N2O/c1-4-15-7-5-6-8-18(15)21-17-9-10-20-16(11-17)13-19-12-14(2)3/h9-11,14-15,18-19H,4-8,12-13H2,1-3H3. The first-order valence-corrected chi connectivity index (χ1v) is 8.51. The Morgan fingerprint density at radius 2 is 2.14 bits per heavy atom. The summed E-state index contributed by atoms with van der Waals surface area (Å²) in [5.41, 5.74) is 1.07. The molecule has 1 aromatic rings. The maximum absolute atomic E-state index is 6.26. The van der Waals surface area contributed by atoms with Crippen LogP contribution in [0.5, 0.6) is 5.75 Å². The van der Waals surface area contributed by atoms with Crippen LogP contribution in [0.25, 0.3) is 0 Å². The zero-order chi connectivity index (χ0) is 15.1. The van der Waals surface area contributed by atoms with E-state index in [-0.39, 0.29) is 0 Å². The molecule has 0 saturated heterocycles. The lowest BCUT2D eigenvalue weighted by Crippen LogP contribution is -2.30. The number of nitrogens with one attached hydrogen (secondary N) is 1. The van der Waals surface area contributed by atoms with Crippen LogP contribution in [-0.4, -0.2) is 17.6 Å². The minimum Gasteiger partial charge on any atom is -0.490 e. The predicted octanol–water partition coefficient (Wildman–Crippen LogP) is 4.17. The van der Waals surface area contributed by atoms with Gasteiger partial charge in [0.2, 0.25) is 0 Å². The molecule has 1 saturated carbocycles. The number of aromatic nitrogens is 1. The van der Waals surface area contributed by atoms with Gasteiger partial charge in [-0.25, -0.2) is 0 Å². The molecule has 1 heterocycles. The zero-order valence-corrected chi connectivity index (χ0v) is 13.8. The Balaban J connectivity index is 1.90. The highest BCUT2D eigenvalue weighted by Gasteiger charge is 2.25. The molecule has 2 atom stereocenters. The van der Waals surface area contributed by atoms with Gasteiger partial charge in [0.15, 0.2) is 0 Å². The first kappa shape index (κ1) is 16.3. The lowest BCUT2D eigenvalue weighted by molar-refractivity contribution is 0.0902. The number of hydrogen-bond donors (Lipinski definition) is 1. The average Bonchev–Trinajstić information content (AvgIpc) is 2.48. The molecule has 118 valence electrons. The highest BCUT2D eigenvalue weighted by molar-refractivity contribution is 5.23. The van der Waals surface area contributed by atoms with Crippen molar-refractivity contribution in [2.75, 3.05) is 6.54 Å². The van der Waals surface area contributed by atoms with Crippen molar-refractivity contribution in [3.05, 3.63) is 24.0 Å². The maximum Gasteiger partial charge on any atom is 0.123 e. The summed E-state index contributed by atoms with van der Waals surface area (Å²) in [5, 5.41) is 3.43. The van der Waals surface area contributed by atoms with E-state index in [4.69, 9.17) is 4.74 Å². The second-order valence-corrected chi connectivity index (χ2v) is 6.62. The molecule has 1 aromatic heterocycles. The lowest BCUT2D eigenvalue weighted by atomic mass is 9.85. The molecule has 0 radical (unpaired) electrons. The third kappa shape index (κ3) is 5.31. The largest absolute Gasteiger partial charge is 0.490 e. The predicted molar refractivity (Wildman–Crippen MR) is 87.4 cm³/mol. The van der Waals surface area contributed by atoms with E-state index in [2.05, 4.69) is 37.1 Å². The third-order valence-corrected chi connectivity index (χ3v) is 4.30. The molecule has 0 aliphatic heterocycles. The van der Waals surface area contributed by atoms with Crippen molar-refractivity contribution in [2.45, 2.75) is 65.5 Å². The number of hydrogen-bond acceptors (Lipinski definition) is 3. The van der Waals surface area contributed by atoms with E-state index in [1.54, 1.807) is 0 Å². The van der Waals surface area contributed by atoms with E-state index in [0.29, 0.717) is 12.0 Å². The van der Waals surface area contributed by atoms with Gasteiger partial charge in [0.25, 0.3) is 0 Å². The molecule has 21 heavy (non-hydrogen) atoms. The molecule has 2 rings (SSSR count). The van der Waals surface area contributed by atoms with Gasteiger partial charge < -0.3 is 10.1 Å². The van der Waals surface area contributed by atoms with Crippen molar-refractivity contribution in [2.24, 2.45) is 11.8 Å². The maximum atomic E-state index is 6.26. The van der Waals surface area contributed by atoms with E-state index < -0.39 is 0 Å². The SMILES string of the molecule is CCC1CCCCC1Oc1ccnc(CNCC(C)C)c1. The van der Waals surface area contributed by atoms with E-state index in [1.807, 2.05) is 12.3 Å². The molecule has 0 bridgehead atoms. The third-order valence-electron chi connectivity index (χ3n) is 4.30. The van der Waals surface area contributed by atoms with Crippen molar-refractivity contribution in [3.63, 3.8) is 0 Å². The van der Waals surface area contributed by atoms with Crippen molar-refractivity contribution in [3.8, 4) is 5.75 Å². The smallest absolute Gasteiger partial charge is 0.123 e. The molecule has 1 aliphatic rings. The summed E-state index contributed by atoms with van der Waals surface area (Å²) < 4.78 is 6.26. The van der Waals surface area contributed by atoms with Gasteiger partial charge in [0, 0.05) is 18.8 Å². The molecular weight excluding hydrogens is 260 g/mol. The van der Waals surface area contributed by atoms with Crippen LogP contribution in [0.2, 0.25) is 0 Å². The fourth-order valence-corrected chi connectivity index (χ4v) is 3.09. The Labute approximate surface area is 129 Å². The number of rotatable bonds is 7. The van der Waals surface area contributed by atoms with Gasteiger partial charge in [-0.05, 0) is 50.1 Å². The van der Waals surface area contributed by atoms with Crippen LogP contribution in [0.15, 0.2) is 18.3 Å². The highest BCUT2D eigenvalue weighted by Crippen LogP contribution is 2.30. The Bertz CT molecular complexity index is 419. The molecule has 3 heteroatoms. The summed E-state index contributed by atoms with van der Waals surface area (Å²) in [6.07, 6.45) is 8.65. The highest BCUT2D eigenvalue weighted by atomic mass is 16.5. The van der Waals surface area contributed by atoms with Crippen LogP contribution >= 0.6 is 0 Å². The van der Waals surface area contributed by atoms with Gasteiger partial charge in [-0.2, -0.15) is 0 Å². The number of nitrogens with zero attached hydrogens (tertiary/aromatic N) is 1. The van der Waals surface area contributed by atoms with E-state index >= 15 is 0 Å². The van der Waals surface area contributed by atoms with Crippen LogP contribution in [0.4, 0.5) is 0 Å². The van der Waals surface area contributed by atoms with Gasteiger partial charge in [-0.1, -0.05) is 27.2 Å². The topological polar surface area (TPSA) is 34.1 Å². The van der Waals surface area contributed by atoms with Crippen LogP contribution in [-0.2, 0) is 6.54 Å². The molecule has 0 amide bonds. The molecule has 3 nitrogen and oxygen atoms in total. The van der Waals surface area contributed by atoms with Crippen LogP contribution in [0, 0.1) is 11.8 Å². The van der Waals surface area contributed by atoms with E-state index in [0.717, 1.165) is 30.5 Å². The van der Waals surface area contributed by atoms with Crippen molar-refractivity contribution in [1.29, 1.82) is 0 Å². The molecule has 2 unspecified atom stereocenters. The Hall–Kier alpha value is -1.09. The number of pyridine rings is 1. The average molecular weight is 290 g/mol. The minimum absolute atomic E-state index is 0.391. The van der Waals surface area contributed by atoms with Crippen molar-refractivity contribution >= 4 is 0 Å². The lowest BCUT2D eigenvalue weighted by Gasteiger charge is -2.31. The minimum atomic E-state index is 0.391. The summed E-state index contributed by atoms with van der Waals surface area (Å²) in [4.78, 5) is 4.43. The first-order chi connectivity index (χ1) is 10.2. The number of ether oxygens (including phenoxy) is 1. The Kier molecular flexibility index (Phi) is 6.50. The van der Waals surface area contributed by atoms with Gasteiger partial charge in [-0.15, -0.1) is 0 Å². The quantitative estimate of drug-likeness (QED) is 0.818. The fourth-order valence-electron chi connectivity index (χ4n) is 3.09. The summed E-state index contributed by atoms with van der Waals surface area (Å²) in [6, 6.07) is 4.09. The Morgan fingerprint density at radius 3 is 2.90 bits per heavy atom. The Morgan fingerprint density at radius 1 is 1.33 bits per heavy atom. The second-order valence-electron chi connectivity index (χ2n) is 6.62. The normalized spacial score (nSPS) is 22.5. The molecular formula is C18H30N2O. The summed E-state index contributed by atoms with van der Waals surface area (Å²) in [5.74, 6) is 2.36. The van der Waals surface area contributed by atoms with E-state index in [1.165, 1.54) is 32.1 Å². The van der Waals surface area contributed by atoms with Crippen LogP contribution in [0.3, 0.4) is 0 Å². The fraction of sp³-hybridized carbons (Fsp3) is 0.722. The van der Waals surface area contributed by atoms with Gasteiger partial charge in [0.1, 0.15) is 11.9 Å². The van der Waals surface area contributed by atoms with Crippen molar-refractivity contribution in [1.82, 2.24) is 10.3 Å². The second kappa shape index (κ2) is 8.38. The molecule has 0 spiro atoms. The zero-order valence-electron chi connectivity index (χ0n) is 13.8. The van der Waals surface area contributed by atoms with Crippen LogP contribution in [0.1, 0.15) is 58.6 Å². The summed E-state index contributed by atoms with van der Waals surface area (Å²) in [7, 11) is 0. The molecule has 1 aliphatic carbocycles. The molecule has 0 aromatic carbocycles. The molecule has 1 N–H and O–H groups in total. The van der Waals surface area contributed by atoms with Gasteiger partial charge in [-0.3, -0.25) is 4.98 Å². The van der Waals surface area contributed by atoms with E-state index in [9.17, 15) is 0 Å². The van der Waals surface area contributed by atoms with Gasteiger partial charge in [0.05, 0.1) is 5.69 Å². The monoisotopic (exact) mass is 290 g/mol. The van der Waals surface area contributed by atoms with Crippen LogP contribution < -0.4 is 10.1 Å². The molecule has 1 fully saturated rings. The summed E-state index contributed by atoms with van der Waals surface area (Å²) in [6.45, 7) is 8.55.